The average Bonchev–Trinajstić information content (AvgIpc) is 3.10. The SMILES string of the molecule is O=C(Nc1cnn(CC2CC2)c1)c1ccccn1. The van der Waals surface area contributed by atoms with Crippen LogP contribution in [0, 0.1) is 5.92 Å². The zero-order valence-corrected chi connectivity index (χ0v) is 9.91. The van der Waals surface area contributed by atoms with Gasteiger partial charge in [0.1, 0.15) is 5.69 Å². The number of carbonyl (C=O) groups excluding carboxylic acids is 1. The van der Waals surface area contributed by atoms with Crippen LogP contribution < -0.4 is 5.32 Å². The quantitative estimate of drug-likeness (QED) is 0.891. The molecule has 2 aromatic rings. The molecule has 2 aromatic heterocycles. The van der Waals surface area contributed by atoms with Crippen LogP contribution in [0.2, 0.25) is 0 Å². The molecule has 0 radical (unpaired) electrons. The number of rotatable bonds is 4. The second-order valence-electron chi connectivity index (χ2n) is 4.56. The van der Waals surface area contributed by atoms with Gasteiger partial charge in [-0.2, -0.15) is 5.10 Å². The second-order valence-corrected chi connectivity index (χ2v) is 4.56. The summed E-state index contributed by atoms with van der Waals surface area (Å²) < 4.78 is 1.88. The Balaban J connectivity index is 1.65. The first-order valence-corrected chi connectivity index (χ1v) is 6.06. The van der Waals surface area contributed by atoms with E-state index in [0.717, 1.165) is 12.5 Å². The minimum Gasteiger partial charge on any atom is -0.318 e. The fourth-order valence-electron chi connectivity index (χ4n) is 1.79. The van der Waals surface area contributed by atoms with E-state index in [0.29, 0.717) is 11.4 Å². The van der Waals surface area contributed by atoms with E-state index in [2.05, 4.69) is 15.4 Å². The van der Waals surface area contributed by atoms with E-state index in [-0.39, 0.29) is 5.91 Å². The van der Waals surface area contributed by atoms with Gasteiger partial charge >= 0.3 is 0 Å². The summed E-state index contributed by atoms with van der Waals surface area (Å²) in [5.41, 5.74) is 1.12. The van der Waals surface area contributed by atoms with Crippen molar-refractivity contribution < 1.29 is 4.79 Å². The molecular formula is C13H14N4O. The van der Waals surface area contributed by atoms with E-state index < -0.39 is 0 Å². The molecule has 3 rings (SSSR count). The number of hydrogen-bond donors (Lipinski definition) is 1. The smallest absolute Gasteiger partial charge is 0.274 e. The number of carbonyl (C=O) groups is 1. The summed E-state index contributed by atoms with van der Waals surface area (Å²) in [7, 11) is 0. The van der Waals surface area contributed by atoms with Gasteiger partial charge in [-0.05, 0) is 30.9 Å². The average molecular weight is 242 g/mol. The summed E-state index contributed by atoms with van der Waals surface area (Å²) in [6.45, 7) is 0.944. The molecule has 18 heavy (non-hydrogen) atoms. The van der Waals surface area contributed by atoms with Crippen molar-refractivity contribution in [1.29, 1.82) is 0 Å². The summed E-state index contributed by atoms with van der Waals surface area (Å²) >= 11 is 0. The normalized spacial score (nSPS) is 14.4. The second kappa shape index (κ2) is 4.60. The summed E-state index contributed by atoms with van der Waals surface area (Å²) in [6, 6.07) is 5.26. The third-order valence-electron chi connectivity index (χ3n) is 2.93. The lowest BCUT2D eigenvalue weighted by atomic mass is 10.3. The first-order valence-electron chi connectivity index (χ1n) is 6.06. The molecule has 0 bridgehead atoms. The Morgan fingerprint density at radius 3 is 3.06 bits per heavy atom. The first kappa shape index (κ1) is 11.0. The number of nitrogens with zero attached hydrogens (tertiary/aromatic N) is 3. The molecule has 2 heterocycles. The third kappa shape index (κ3) is 2.56. The van der Waals surface area contributed by atoms with Gasteiger partial charge in [0.15, 0.2) is 0 Å². The van der Waals surface area contributed by atoms with E-state index >= 15 is 0 Å². The molecule has 5 nitrogen and oxygen atoms in total. The molecular weight excluding hydrogens is 228 g/mol. The van der Waals surface area contributed by atoms with Crippen LogP contribution in [0.25, 0.3) is 0 Å². The molecule has 1 N–H and O–H groups in total. The van der Waals surface area contributed by atoms with Crippen LogP contribution in [0.4, 0.5) is 5.69 Å². The zero-order valence-electron chi connectivity index (χ0n) is 9.91. The number of aromatic nitrogens is 3. The maximum absolute atomic E-state index is 11.8. The van der Waals surface area contributed by atoms with Gasteiger partial charge in [0.25, 0.3) is 5.91 Å². The number of pyridine rings is 1. The minimum atomic E-state index is -0.207. The number of hydrogen-bond acceptors (Lipinski definition) is 3. The molecule has 0 aliphatic heterocycles. The molecule has 1 aliphatic carbocycles. The predicted octanol–water partition coefficient (Wildman–Crippen LogP) is 1.94. The maximum Gasteiger partial charge on any atom is 0.274 e. The Morgan fingerprint density at radius 1 is 1.44 bits per heavy atom. The lowest BCUT2D eigenvalue weighted by molar-refractivity contribution is 0.102. The fraction of sp³-hybridized carbons (Fsp3) is 0.308. The summed E-state index contributed by atoms with van der Waals surface area (Å²) in [5, 5.41) is 7.01. The van der Waals surface area contributed by atoms with E-state index in [1.165, 1.54) is 12.8 Å². The Hall–Kier alpha value is -2.17. The van der Waals surface area contributed by atoms with E-state index in [4.69, 9.17) is 0 Å². The fourth-order valence-corrected chi connectivity index (χ4v) is 1.79. The van der Waals surface area contributed by atoms with Crippen LogP contribution in [0.15, 0.2) is 36.8 Å². The Kier molecular flexibility index (Phi) is 2.80. The van der Waals surface area contributed by atoms with Crippen molar-refractivity contribution >= 4 is 11.6 Å². The van der Waals surface area contributed by atoms with Gasteiger partial charge in [-0.25, -0.2) is 0 Å². The first-order chi connectivity index (χ1) is 8.81. The molecule has 1 amide bonds. The van der Waals surface area contributed by atoms with Crippen molar-refractivity contribution in [3.8, 4) is 0 Å². The van der Waals surface area contributed by atoms with Crippen LogP contribution >= 0.6 is 0 Å². The molecule has 0 spiro atoms. The lowest BCUT2D eigenvalue weighted by Gasteiger charge is -2.01. The van der Waals surface area contributed by atoms with Gasteiger partial charge in [0, 0.05) is 18.9 Å². The monoisotopic (exact) mass is 242 g/mol. The van der Waals surface area contributed by atoms with Crippen LogP contribution in [-0.4, -0.2) is 20.7 Å². The number of anilines is 1. The number of nitrogens with one attached hydrogen (secondary N) is 1. The summed E-state index contributed by atoms with van der Waals surface area (Å²) in [5.74, 6) is 0.561. The molecule has 0 unspecified atom stereocenters. The topological polar surface area (TPSA) is 59.8 Å². The highest BCUT2D eigenvalue weighted by Crippen LogP contribution is 2.30. The molecule has 5 heteroatoms. The van der Waals surface area contributed by atoms with Crippen molar-refractivity contribution in [2.45, 2.75) is 19.4 Å². The standard InChI is InChI=1S/C13H14N4O/c18-13(12-3-1-2-6-14-12)16-11-7-15-17(9-11)8-10-4-5-10/h1-3,6-7,9-10H,4-5,8H2,(H,16,18). The van der Waals surface area contributed by atoms with Crippen molar-refractivity contribution in [3.05, 3.63) is 42.5 Å². The lowest BCUT2D eigenvalue weighted by Crippen LogP contribution is -2.12. The van der Waals surface area contributed by atoms with Crippen LogP contribution in [0.5, 0.6) is 0 Å². The highest BCUT2D eigenvalue weighted by atomic mass is 16.1. The van der Waals surface area contributed by atoms with Crippen LogP contribution in [0.1, 0.15) is 23.3 Å². The van der Waals surface area contributed by atoms with Crippen LogP contribution in [-0.2, 0) is 6.54 Å². The van der Waals surface area contributed by atoms with Gasteiger partial charge in [-0.15, -0.1) is 0 Å². The van der Waals surface area contributed by atoms with E-state index in [1.54, 1.807) is 30.6 Å². The number of amides is 1. The molecule has 1 aliphatic rings. The molecule has 92 valence electrons. The van der Waals surface area contributed by atoms with Gasteiger partial charge < -0.3 is 5.32 Å². The van der Waals surface area contributed by atoms with Gasteiger partial charge in [-0.3, -0.25) is 14.5 Å². The molecule has 0 aromatic carbocycles. The highest BCUT2D eigenvalue weighted by Gasteiger charge is 2.22. The predicted molar refractivity (Wildman–Crippen MR) is 67.1 cm³/mol. The largest absolute Gasteiger partial charge is 0.318 e. The minimum absolute atomic E-state index is 0.207. The molecule has 1 saturated carbocycles. The summed E-state index contributed by atoms with van der Waals surface area (Å²) in [4.78, 5) is 15.8. The molecule has 0 saturated heterocycles. The van der Waals surface area contributed by atoms with Crippen molar-refractivity contribution in [2.75, 3.05) is 5.32 Å². The van der Waals surface area contributed by atoms with Gasteiger partial charge in [0.2, 0.25) is 0 Å². The Morgan fingerprint density at radius 2 is 2.33 bits per heavy atom. The zero-order chi connectivity index (χ0) is 12.4. The van der Waals surface area contributed by atoms with Crippen molar-refractivity contribution in [3.63, 3.8) is 0 Å². The molecule has 0 atom stereocenters. The van der Waals surface area contributed by atoms with E-state index in [1.807, 2.05) is 10.9 Å². The highest BCUT2D eigenvalue weighted by molar-refractivity contribution is 6.02. The Bertz CT molecular complexity index is 545. The Labute approximate surface area is 105 Å². The van der Waals surface area contributed by atoms with Gasteiger partial charge in [0.05, 0.1) is 11.9 Å². The molecule has 1 fully saturated rings. The van der Waals surface area contributed by atoms with Crippen molar-refractivity contribution in [2.24, 2.45) is 5.92 Å². The summed E-state index contributed by atoms with van der Waals surface area (Å²) in [6.07, 6.45) is 7.71. The maximum atomic E-state index is 11.8. The third-order valence-corrected chi connectivity index (χ3v) is 2.93. The van der Waals surface area contributed by atoms with Crippen LogP contribution in [0.3, 0.4) is 0 Å². The van der Waals surface area contributed by atoms with Gasteiger partial charge in [-0.1, -0.05) is 6.07 Å². The van der Waals surface area contributed by atoms with Crippen molar-refractivity contribution in [1.82, 2.24) is 14.8 Å². The van der Waals surface area contributed by atoms with E-state index in [9.17, 15) is 4.79 Å².